The highest BCUT2D eigenvalue weighted by Gasteiger charge is 2.60. The van der Waals surface area contributed by atoms with E-state index in [9.17, 15) is 4.79 Å². The number of rotatable bonds is 1. The highest BCUT2D eigenvalue weighted by atomic mass is 16.7. The third kappa shape index (κ3) is 2.22. The quantitative estimate of drug-likeness (QED) is 0.626. The lowest BCUT2D eigenvalue weighted by molar-refractivity contribution is -0.185. The Kier molecular flexibility index (Phi) is 3.80. The van der Waals surface area contributed by atoms with Gasteiger partial charge in [0, 0.05) is 18.8 Å². The molecular formula is C23H34O3. The lowest BCUT2D eigenvalue weighted by Gasteiger charge is -2.58. The van der Waals surface area contributed by atoms with Crippen molar-refractivity contribution in [3.8, 4) is 0 Å². The molecule has 1 saturated heterocycles. The third-order valence-electron chi connectivity index (χ3n) is 9.41. The van der Waals surface area contributed by atoms with Crippen molar-refractivity contribution < 1.29 is 14.3 Å². The molecule has 3 nitrogen and oxygen atoms in total. The van der Waals surface area contributed by atoms with E-state index in [4.69, 9.17) is 9.47 Å². The molecule has 0 amide bonds. The van der Waals surface area contributed by atoms with Gasteiger partial charge in [-0.05, 0) is 74.0 Å². The number of ether oxygens (including phenoxy) is 2. The van der Waals surface area contributed by atoms with Crippen LogP contribution in [0.4, 0.5) is 0 Å². The molecule has 0 unspecified atom stereocenters. The standard InChI is InChI=1S/C23H34O3/c1-15(24)18-6-7-19-17-5-4-16-14-23(25-12-13-26-23)11-10-21(16,2)20(17)8-9-22(18,19)3/h4,17-20H,5-14H2,1-3H3/t17-,18-,19-,20+,21-,22+/m0/s1. The monoisotopic (exact) mass is 358 g/mol. The molecule has 0 bridgehead atoms. The van der Waals surface area contributed by atoms with Gasteiger partial charge in [0.1, 0.15) is 5.78 Å². The van der Waals surface area contributed by atoms with Gasteiger partial charge in [0.05, 0.1) is 13.2 Å². The fourth-order valence-electron chi connectivity index (χ4n) is 8.02. The Labute approximate surface area is 157 Å². The molecule has 3 heteroatoms. The van der Waals surface area contributed by atoms with Crippen molar-refractivity contribution in [1.82, 2.24) is 0 Å². The second kappa shape index (κ2) is 5.67. The van der Waals surface area contributed by atoms with E-state index in [0.717, 1.165) is 50.2 Å². The first-order chi connectivity index (χ1) is 12.4. The van der Waals surface area contributed by atoms with Crippen LogP contribution in [0.15, 0.2) is 11.6 Å². The molecule has 26 heavy (non-hydrogen) atoms. The SMILES string of the molecule is CC(=O)[C@@H]1CC[C@H]2[C@@H]3CC=C4CC5(CC[C@]4(C)[C@@H]3CC[C@]12C)OCCO5. The van der Waals surface area contributed by atoms with Crippen molar-refractivity contribution in [2.75, 3.05) is 13.2 Å². The summed E-state index contributed by atoms with van der Waals surface area (Å²) in [6, 6.07) is 0. The van der Waals surface area contributed by atoms with Crippen molar-refractivity contribution in [1.29, 1.82) is 0 Å². The van der Waals surface area contributed by atoms with Crippen LogP contribution >= 0.6 is 0 Å². The number of allylic oxidation sites excluding steroid dienone is 1. The minimum Gasteiger partial charge on any atom is -0.347 e. The van der Waals surface area contributed by atoms with E-state index in [1.807, 2.05) is 6.92 Å². The molecule has 4 aliphatic carbocycles. The molecule has 1 spiro atoms. The summed E-state index contributed by atoms with van der Waals surface area (Å²) in [5.41, 5.74) is 2.18. The summed E-state index contributed by atoms with van der Waals surface area (Å²) in [5.74, 6) is 2.72. The number of hydrogen-bond acceptors (Lipinski definition) is 3. The topological polar surface area (TPSA) is 35.5 Å². The van der Waals surface area contributed by atoms with Crippen LogP contribution in [0.2, 0.25) is 0 Å². The van der Waals surface area contributed by atoms with Crippen LogP contribution in [0, 0.1) is 34.5 Å². The van der Waals surface area contributed by atoms with Crippen molar-refractivity contribution in [3.63, 3.8) is 0 Å². The first-order valence-electron chi connectivity index (χ1n) is 10.9. The Hall–Kier alpha value is -0.670. The Morgan fingerprint density at radius 3 is 2.54 bits per heavy atom. The molecule has 4 fully saturated rings. The molecule has 5 aliphatic rings. The number of fused-ring (bicyclic) bond motifs is 5. The van der Waals surface area contributed by atoms with Crippen molar-refractivity contribution in [2.24, 2.45) is 34.5 Å². The van der Waals surface area contributed by atoms with E-state index in [1.165, 1.54) is 32.1 Å². The Morgan fingerprint density at radius 1 is 1.04 bits per heavy atom. The van der Waals surface area contributed by atoms with E-state index in [-0.39, 0.29) is 11.2 Å². The lowest BCUT2D eigenvalue weighted by atomic mass is 9.47. The predicted octanol–water partition coefficient (Wildman–Crippen LogP) is 4.90. The normalized spacial score (nSPS) is 49.3. The van der Waals surface area contributed by atoms with Gasteiger partial charge in [-0.2, -0.15) is 0 Å². The molecule has 0 aromatic heterocycles. The molecule has 5 rings (SSSR count). The summed E-state index contributed by atoms with van der Waals surface area (Å²) in [5, 5.41) is 0. The van der Waals surface area contributed by atoms with Gasteiger partial charge in [0.15, 0.2) is 5.79 Å². The zero-order valence-electron chi connectivity index (χ0n) is 16.7. The number of carbonyl (C=O) groups excluding carboxylic acids is 1. The second-order valence-corrected chi connectivity index (χ2v) is 10.3. The first-order valence-corrected chi connectivity index (χ1v) is 10.9. The Morgan fingerprint density at radius 2 is 1.81 bits per heavy atom. The number of carbonyl (C=O) groups is 1. The molecule has 1 heterocycles. The molecule has 6 atom stereocenters. The van der Waals surface area contributed by atoms with Gasteiger partial charge < -0.3 is 9.47 Å². The zero-order valence-corrected chi connectivity index (χ0v) is 16.7. The minimum atomic E-state index is -0.311. The van der Waals surface area contributed by atoms with E-state index >= 15 is 0 Å². The van der Waals surface area contributed by atoms with Crippen molar-refractivity contribution >= 4 is 5.78 Å². The molecule has 0 aromatic rings. The second-order valence-electron chi connectivity index (χ2n) is 10.3. The fourth-order valence-corrected chi connectivity index (χ4v) is 8.02. The summed E-state index contributed by atoms with van der Waals surface area (Å²) >= 11 is 0. The van der Waals surface area contributed by atoms with E-state index in [0.29, 0.717) is 17.1 Å². The number of Topliss-reactive ketones (excluding diaryl/α,β-unsaturated/α-hetero) is 1. The van der Waals surface area contributed by atoms with Crippen LogP contribution in [-0.4, -0.2) is 24.8 Å². The Balaban J connectivity index is 1.44. The van der Waals surface area contributed by atoms with Gasteiger partial charge in [-0.3, -0.25) is 4.79 Å². The summed E-state index contributed by atoms with van der Waals surface area (Å²) < 4.78 is 12.1. The van der Waals surface area contributed by atoms with E-state index < -0.39 is 0 Å². The average molecular weight is 359 g/mol. The van der Waals surface area contributed by atoms with E-state index in [2.05, 4.69) is 19.9 Å². The van der Waals surface area contributed by atoms with Gasteiger partial charge in [-0.25, -0.2) is 0 Å². The molecular weight excluding hydrogens is 324 g/mol. The maximum absolute atomic E-state index is 12.3. The summed E-state index contributed by atoms with van der Waals surface area (Å²) in [6.45, 7) is 8.29. The van der Waals surface area contributed by atoms with Gasteiger partial charge in [0.2, 0.25) is 0 Å². The zero-order chi connectivity index (χ0) is 18.2. The Bertz CT molecular complexity index is 646. The smallest absolute Gasteiger partial charge is 0.172 e. The molecule has 0 radical (unpaired) electrons. The van der Waals surface area contributed by atoms with Crippen LogP contribution in [0.5, 0.6) is 0 Å². The first kappa shape index (κ1) is 17.4. The van der Waals surface area contributed by atoms with Gasteiger partial charge in [-0.15, -0.1) is 0 Å². The summed E-state index contributed by atoms with van der Waals surface area (Å²) in [7, 11) is 0. The average Bonchev–Trinajstić information content (AvgIpc) is 3.20. The molecule has 0 aromatic carbocycles. The largest absolute Gasteiger partial charge is 0.347 e. The molecule has 0 N–H and O–H groups in total. The maximum Gasteiger partial charge on any atom is 0.172 e. The highest BCUT2D eigenvalue weighted by molar-refractivity contribution is 5.79. The predicted molar refractivity (Wildman–Crippen MR) is 101 cm³/mol. The molecule has 144 valence electrons. The fraction of sp³-hybridized carbons (Fsp3) is 0.870. The lowest BCUT2D eigenvalue weighted by Crippen LogP contribution is -2.52. The summed E-state index contributed by atoms with van der Waals surface area (Å²) in [4.78, 5) is 12.3. The number of hydrogen-bond donors (Lipinski definition) is 0. The van der Waals surface area contributed by atoms with E-state index in [1.54, 1.807) is 5.57 Å². The van der Waals surface area contributed by atoms with Crippen LogP contribution in [0.1, 0.15) is 72.1 Å². The van der Waals surface area contributed by atoms with Crippen LogP contribution in [0.3, 0.4) is 0 Å². The molecule has 3 saturated carbocycles. The van der Waals surface area contributed by atoms with Gasteiger partial charge in [-0.1, -0.05) is 25.5 Å². The van der Waals surface area contributed by atoms with Crippen LogP contribution in [-0.2, 0) is 14.3 Å². The van der Waals surface area contributed by atoms with Gasteiger partial charge >= 0.3 is 0 Å². The minimum absolute atomic E-state index is 0.252. The molecule has 1 aliphatic heterocycles. The van der Waals surface area contributed by atoms with Crippen molar-refractivity contribution in [2.45, 2.75) is 77.9 Å². The highest BCUT2D eigenvalue weighted by Crippen LogP contribution is 2.67. The summed E-state index contributed by atoms with van der Waals surface area (Å²) in [6.07, 6.45) is 11.9. The van der Waals surface area contributed by atoms with Gasteiger partial charge in [0.25, 0.3) is 0 Å². The maximum atomic E-state index is 12.3. The number of ketones is 1. The van der Waals surface area contributed by atoms with Crippen molar-refractivity contribution in [3.05, 3.63) is 11.6 Å². The third-order valence-corrected chi connectivity index (χ3v) is 9.41. The van der Waals surface area contributed by atoms with Crippen LogP contribution < -0.4 is 0 Å². The van der Waals surface area contributed by atoms with Crippen LogP contribution in [0.25, 0.3) is 0 Å².